The largest absolute Gasteiger partial charge is 0.468 e. The van der Waals surface area contributed by atoms with Crippen LogP contribution in [0.1, 0.15) is 50.2 Å². The standard InChI is InChI=1S/C32H39N5O6/c1-21-26(29(38)33-3)28(23-11-13-25(14-12-23)37(41)42)27(22(2)35-21)30(39)34-17-8-18-36-19-15-32(16-20-36,31(40)43-4)24-9-6-5-7-10-24/h5-7,9-14,28,35H,8,15-20H2,1-4H3,(H,33,38)(H,34,39)/t28-/m1/s1. The molecule has 0 spiro atoms. The van der Waals surface area contributed by atoms with Crippen molar-refractivity contribution in [3.63, 3.8) is 0 Å². The van der Waals surface area contributed by atoms with E-state index in [-0.39, 0.29) is 23.5 Å². The lowest BCUT2D eigenvalue weighted by molar-refractivity contribution is -0.384. The highest BCUT2D eigenvalue weighted by atomic mass is 16.6. The second-order valence-corrected chi connectivity index (χ2v) is 11.0. The number of non-ortho nitro benzene ring substituents is 1. The number of carbonyl (C=O) groups excluding carboxylic acids is 3. The van der Waals surface area contributed by atoms with Crippen molar-refractivity contribution in [3.8, 4) is 0 Å². The highest BCUT2D eigenvalue weighted by Gasteiger charge is 2.44. The van der Waals surface area contributed by atoms with Crippen LogP contribution >= 0.6 is 0 Å². The fraction of sp³-hybridized carbons (Fsp3) is 0.406. The van der Waals surface area contributed by atoms with Crippen molar-refractivity contribution < 1.29 is 24.0 Å². The SMILES string of the molecule is CNC(=O)C1=C(C)NC(C)=C(C(=O)NCCCN2CCC(C(=O)OC)(c3ccccc3)CC2)[C@@H]1c1ccc([N+](=O)[O-])cc1. The maximum Gasteiger partial charge on any atom is 0.316 e. The zero-order chi connectivity index (χ0) is 31.1. The molecular formula is C32H39N5O6. The van der Waals surface area contributed by atoms with Gasteiger partial charge in [0.1, 0.15) is 0 Å². The summed E-state index contributed by atoms with van der Waals surface area (Å²) >= 11 is 0. The van der Waals surface area contributed by atoms with Gasteiger partial charge in [-0.15, -0.1) is 0 Å². The Morgan fingerprint density at radius 1 is 1.00 bits per heavy atom. The molecule has 0 aromatic heterocycles. The number of nitro groups is 1. The number of nitro benzene ring substituents is 1. The van der Waals surface area contributed by atoms with Crippen molar-refractivity contribution in [1.29, 1.82) is 0 Å². The summed E-state index contributed by atoms with van der Waals surface area (Å²) in [7, 11) is 2.96. The van der Waals surface area contributed by atoms with E-state index in [0.717, 1.165) is 25.2 Å². The Morgan fingerprint density at radius 2 is 1.60 bits per heavy atom. The van der Waals surface area contributed by atoms with Crippen LogP contribution in [-0.2, 0) is 24.5 Å². The van der Waals surface area contributed by atoms with Gasteiger partial charge in [0.15, 0.2) is 0 Å². The van der Waals surface area contributed by atoms with Gasteiger partial charge in [0.05, 0.1) is 17.4 Å². The summed E-state index contributed by atoms with van der Waals surface area (Å²) in [5.74, 6) is -1.56. The third-order valence-corrected chi connectivity index (χ3v) is 8.46. The predicted molar refractivity (Wildman–Crippen MR) is 162 cm³/mol. The van der Waals surface area contributed by atoms with Gasteiger partial charge in [-0.25, -0.2) is 0 Å². The van der Waals surface area contributed by atoms with Gasteiger partial charge in [0.2, 0.25) is 11.8 Å². The van der Waals surface area contributed by atoms with E-state index in [1.165, 1.54) is 26.3 Å². The van der Waals surface area contributed by atoms with Gasteiger partial charge in [-0.1, -0.05) is 42.5 Å². The Balaban J connectivity index is 1.41. The second kappa shape index (κ2) is 13.6. The zero-order valence-corrected chi connectivity index (χ0v) is 25.1. The topological polar surface area (TPSA) is 143 Å². The molecule has 2 aliphatic rings. The first-order valence-corrected chi connectivity index (χ1v) is 14.4. The number of esters is 1. The minimum Gasteiger partial charge on any atom is -0.468 e. The molecule has 11 heteroatoms. The van der Waals surface area contributed by atoms with Crippen LogP contribution in [0.15, 0.2) is 77.1 Å². The van der Waals surface area contributed by atoms with E-state index in [1.54, 1.807) is 26.0 Å². The van der Waals surface area contributed by atoms with Crippen molar-refractivity contribution in [2.75, 3.05) is 40.3 Å². The third-order valence-electron chi connectivity index (χ3n) is 8.46. The molecule has 0 bridgehead atoms. The molecule has 4 rings (SSSR count). The van der Waals surface area contributed by atoms with Crippen LogP contribution in [0.25, 0.3) is 0 Å². The van der Waals surface area contributed by atoms with Gasteiger partial charge >= 0.3 is 5.97 Å². The lowest BCUT2D eigenvalue weighted by Gasteiger charge is -2.40. The molecular weight excluding hydrogens is 550 g/mol. The number of nitrogens with one attached hydrogen (secondary N) is 3. The number of rotatable bonds is 10. The van der Waals surface area contributed by atoms with Gasteiger partial charge in [-0.05, 0) is 63.9 Å². The number of benzene rings is 2. The lowest BCUT2D eigenvalue weighted by Crippen LogP contribution is -2.48. The Labute approximate surface area is 251 Å². The Morgan fingerprint density at radius 3 is 2.16 bits per heavy atom. The normalized spacial score (nSPS) is 18.5. The maximum atomic E-state index is 13.6. The molecule has 0 saturated carbocycles. The van der Waals surface area contributed by atoms with Crippen LogP contribution in [0.4, 0.5) is 5.69 Å². The van der Waals surface area contributed by atoms with Gasteiger partial charge in [-0.3, -0.25) is 24.5 Å². The summed E-state index contributed by atoms with van der Waals surface area (Å²) in [6, 6.07) is 15.7. The molecule has 0 unspecified atom stereocenters. The van der Waals surface area contributed by atoms with E-state index in [1.807, 2.05) is 30.3 Å². The molecule has 2 amide bonds. The molecule has 2 aliphatic heterocycles. The summed E-state index contributed by atoms with van der Waals surface area (Å²) in [4.78, 5) is 52.4. The van der Waals surface area contributed by atoms with E-state index in [9.17, 15) is 24.5 Å². The number of likely N-dealkylation sites (tertiary alicyclic amines) is 1. The zero-order valence-electron chi connectivity index (χ0n) is 25.1. The number of dihydropyridines is 1. The molecule has 0 radical (unpaired) electrons. The summed E-state index contributed by atoms with van der Waals surface area (Å²) in [6.45, 7) is 6.18. The number of hydrogen-bond donors (Lipinski definition) is 3. The van der Waals surface area contributed by atoms with Crippen molar-refractivity contribution in [3.05, 3.63) is 98.4 Å². The van der Waals surface area contributed by atoms with Crippen LogP contribution in [0.3, 0.4) is 0 Å². The number of nitrogens with zero attached hydrogens (tertiary/aromatic N) is 2. The molecule has 0 aliphatic carbocycles. The lowest BCUT2D eigenvalue weighted by atomic mass is 9.72. The fourth-order valence-electron chi connectivity index (χ4n) is 6.17. The molecule has 1 saturated heterocycles. The quantitative estimate of drug-likeness (QED) is 0.166. The van der Waals surface area contributed by atoms with E-state index in [2.05, 4.69) is 20.9 Å². The van der Waals surface area contributed by atoms with Crippen LogP contribution in [0.2, 0.25) is 0 Å². The number of likely N-dealkylation sites (N-methyl/N-ethyl adjacent to an activating group) is 1. The van der Waals surface area contributed by atoms with Gasteiger partial charge in [-0.2, -0.15) is 0 Å². The van der Waals surface area contributed by atoms with Crippen molar-refractivity contribution in [1.82, 2.24) is 20.9 Å². The van der Waals surface area contributed by atoms with Crippen LogP contribution in [-0.4, -0.2) is 67.9 Å². The maximum absolute atomic E-state index is 13.6. The molecule has 1 fully saturated rings. The average Bonchev–Trinajstić information content (AvgIpc) is 3.02. The average molecular weight is 590 g/mol. The summed E-state index contributed by atoms with van der Waals surface area (Å²) < 4.78 is 5.19. The van der Waals surface area contributed by atoms with E-state index in [0.29, 0.717) is 53.9 Å². The minimum atomic E-state index is -0.700. The predicted octanol–water partition coefficient (Wildman–Crippen LogP) is 3.29. The van der Waals surface area contributed by atoms with Crippen LogP contribution < -0.4 is 16.0 Å². The van der Waals surface area contributed by atoms with Gasteiger partial charge < -0.3 is 25.6 Å². The molecule has 3 N–H and O–H groups in total. The molecule has 228 valence electrons. The van der Waals surface area contributed by atoms with Crippen molar-refractivity contribution in [2.24, 2.45) is 0 Å². The molecule has 2 heterocycles. The first-order chi connectivity index (χ1) is 20.6. The molecule has 11 nitrogen and oxygen atoms in total. The fourth-order valence-corrected chi connectivity index (χ4v) is 6.17. The van der Waals surface area contributed by atoms with Crippen LogP contribution in [0.5, 0.6) is 0 Å². The minimum absolute atomic E-state index is 0.0723. The van der Waals surface area contributed by atoms with Gasteiger partial charge in [0.25, 0.3) is 5.69 Å². The molecule has 1 atom stereocenters. The smallest absolute Gasteiger partial charge is 0.316 e. The third kappa shape index (κ3) is 6.61. The highest BCUT2D eigenvalue weighted by Crippen LogP contribution is 2.39. The number of methoxy groups -OCH3 is 1. The first kappa shape index (κ1) is 31.4. The second-order valence-electron chi connectivity index (χ2n) is 11.0. The van der Waals surface area contributed by atoms with Crippen LogP contribution in [0, 0.1) is 10.1 Å². The number of carbonyl (C=O) groups is 3. The Hall–Kier alpha value is -4.51. The summed E-state index contributed by atoms with van der Waals surface area (Å²) in [5, 5.41) is 20.0. The summed E-state index contributed by atoms with van der Waals surface area (Å²) in [6.07, 6.45) is 2.00. The van der Waals surface area contributed by atoms with E-state index < -0.39 is 16.3 Å². The van der Waals surface area contributed by atoms with E-state index in [4.69, 9.17) is 4.74 Å². The number of hydrogen-bond acceptors (Lipinski definition) is 8. The number of piperidine rings is 1. The number of ether oxygens (including phenoxy) is 1. The first-order valence-electron chi connectivity index (χ1n) is 14.4. The number of allylic oxidation sites excluding steroid dienone is 2. The highest BCUT2D eigenvalue weighted by molar-refractivity contribution is 6.03. The van der Waals surface area contributed by atoms with E-state index >= 15 is 0 Å². The molecule has 2 aromatic carbocycles. The van der Waals surface area contributed by atoms with Crippen molar-refractivity contribution >= 4 is 23.5 Å². The number of amides is 2. The van der Waals surface area contributed by atoms with Gasteiger partial charge in [0, 0.05) is 54.2 Å². The Kier molecular flexibility index (Phi) is 9.97. The summed E-state index contributed by atoms with van der Waals surface area (Å²) in [5.41, 5.74) is 2.85. The molecule has 2 aromatic rings. The monoisotopic (exact) mass is 589 g/mol. The van der Waals surface area contributed by atoms with Crippen molar-refractivity contribution in [2.45, 2.75) is 44.4 Å². The molecule has 43 heavy (non-hydrogen) atoms. The Bertz CT molecular complexity index is 1430.